The first kappa shape index (κ1) is 17.6. The number of rotatable bonds is 7. The lowest BCUT2D eigenvalue weighted by atomic mass is 9.93. The summed E-state index contributed by atoms with van der Waals surface area (Å²) in [5.74, 6) is -2.06. The third-order valence-corrected chi connectivity index (χ3v) is 3.90. The summed E-state index contributed by atoms with van der Waals surface area (Å²) in [5.41, 5.74) is -1.09. The molecule has 0 aromatic heterocycles. The molecule has 0 spiro atoms. The van der Waals surface area contributed by atoms with E-state index < -0.39 is 23.2 Å². The molecule has 0 fully saturated rings. The lowest BCUT2D eigenvalue weighted by molar-refractivity contribution is -0.145. The number of hydrogen-bond acceptors (Lipinski definition) is 3. The minimum atomic E-state index is -1.14. The van der Waals surface area contributed by atoms with Crippen molar-refractivity contribution in [1.29, 1.82) is 0 Å². The molecule has 7 heteroatoms. The minimum Gasteiger partial charge on any atom is -0.480 e. The molecule has 0 radical (unpaired) electrons. The number of carboxylic acid groups (broad SMARTS) is 1. The van der Waals surface area contributed by atoms with Crippen molar-refractivity contribution in [1.82, 2.24) is 5.32 Å². The Morgan fingerprint density at radius 1 is 1.33 bits per heavy atom. The van der Waals surface area contributed by atoms with E-state index in [0.717, 1.165) is 0 Å². The SMILES string of the molecule is CCC(CC)(NCC(=O)Nc1ccc(Br)cc1F)C(=O)O. The maximum Gasteiger partial charge on any atom is 0.323 e. The zero-order valence-electron chi connectivity index (χ0n) is 11.9. The third-order valence-electron chi connectivity index (χ3n) is 3.41. The molecule has 0 heterocycles. The third kappa shape index (κ3) is 4.50. The molecule has 0 saturated carbocycles. The molecule has 3 N–H and O–H groups in total. The highest BCUT2D eigenvalue weighted by Gasteiger charge is 2.34. The molecule has 1 amide bonds. The normalized spacial score (nSPS) is 11.2. The predicted octanol–water partition coefficient (Wildman–Crippen LogP) is 2.76. The van der Waals surface area contributed by atoms with E-state index in [0.29, 0.717) is 17.3 Å². The summed E-state index contributed by atoms with van der Waals surface area (Å²) in [4.78, 5) is 23.1. The van der Waals surface area contributed by atoms with Crippen LogP contribution in [0, 0.1) is 5.82 Å². The average molecular weight is 361 g/mol. The zero-order chi connectivity index (χ0) is 16.0. The van der Waals surface area contributed by atoms with Crippen molar-refractivity contribution >= 4 is 33.5 Å². The van der Waals surface area contributed by atoms with Gasteiger partial charge in [0.05, 0.1) is 12.2 Å². The van der Waals surface area contributed by atoms with Gasteiger partial charge in [0.15, 0.2) is 0 Å². The molecule has 5 nitrogen and oxygen atoms in total. The molecule has 0 unspecified atom stereocenters. The number of halogens is 2. The number of hydrogen-bond donors (Lipinski definition) is 3. The smallest absolute Gasteiger partial charge is 0.323 e. The first-order valence-electron chi connectivity index (χ1n) is 6.58. The molecule has 0 aliphatic rings. The summed E-state index contributed by atoms with van der Waals surface area (Å²) in [5, 5.41) is 14.4. The largest absolute Gasteiger partial charge is 0.480 e. The molecule has 0 atom stereocenters. The van der Waals surface area contributed by atoms with E-state index in [1.54, 1.807) is 19.9 Å². The van der Waals surface area contributed by atoms with Gasteiger partial charge in [-0.3, -0.25) is 14.9 Å². The Morgan fingerprint density at radius 2 is 1.95 bits per heavy atom. The highest BCUT2D eigenvalue weighted by molar-refractivity contribution is 9.10. The Kier molecular flexibility index (Phi) is 6.29. The van der Waals surface area contributed by atoms with Crippen molar-refractivity contribution in [3.63, 3.8) is 0 Å². The summed E-state index contributed by atoms with van der Waals surface area (Å²) >= 11 is 3.12. The zero-order valence-corrected chi connectivity index (χ0v) is 13.5. The van der Waals surface area contributed by atoms with Crippen LogP contribution in [0.5, 0.6) is 0 Å². The molecular formula is C14H18BrFN2O3. The van der Waals surface area contributed by atoms with Crippen LogP contribution in [0.25, 0.3) is 0 Å². The molecule has 1 aromatic carbocycles. The van der Waals surface area contributed by atoms with Crippen molar-refractivity contribution in [3.8, 4) is 0 Å². The highest BCUT2D eigenvalue weighted by atomic mass is 79.9. The van der Waals surface area contributed by atoms with Gasteiger partial charge in [-0.1, -0.05) is 29.8 Å². The number of aliphatic carboxylic acids is 1. The number of amides is 1. The fraction of sp³-hybridized carbons (Fsp3) is 0.429. The lowest BCUT2D eigenvalue weighted by Crippen LogP contribution is -2.53. The monoisotopic (exact) mass is 360 g/mol. The van der Waals surface area contributed by atoms with Gasteiger partial charge in [-0.05, 0) is 31.0 Å². The van der Waals surface area contributed by atoms with Crippen LogP contribution in [0.2, 0.25) is 0 Å². The summed E-state index contributed by atoms with van der Waals surface area (Å²) in [6.07, 6.45) is 0.692. The van der Waals surface area contributed by atoms with Crippen LogP contribution < -0.4 is 10.6 Å². The van der Waals surface area contributed by atoms with Crippen LogP contribution in [-0.2, 0) is 9.59 Å². The summed E-state index contributed by atoms with van der Waals surface area (Å²) in [6, 6.07) is 4.27. The molecule has 0 saturated heterocycles. The molecule has 0 bridgehead atoms. The van der Waals surface area contributed by atoms with Crippen LogP contribution >= 0.6 is 15.9 Å². The Balaban J connectivity index is 2.67. The van der Waals surface area contributed by atoms with Gasteiger partial charge in [-0.25, -0.2) is 4.39 Å². The standard InChI is InChI=1S/C14H18BrFN2O3/c1-3-14(4-2,13(20)21)17-8-12(19)18-11-6-5-9(15)7-10(11)16/h5-7,17H,3-4,8H2,1-2H3,(H,18,19)(H,20,21). The molecule has 1 aromatic rings. The van der Waals surface area contributed by atoms with Gasteiger partial charge in [0.25, 0.3) is 0 Å². The second kappa shape index (κ2) is 7.51. The Morgan fingerprint density at radius 3 is 2.43 bits per heavy atom. The van der Waals surface area contributed by atoms with Crippen molar-refractivity contribution in [3.05, 3.63) is 28.5 Å². The summed E-state index contributed by atoms with van der Waals surface area (Å²) in [6.45, 7) is 3.26. The van der Waals surface area contributed by atoms with Gasteiger partial charge >= 0.3 is 5.97 Å². The van der Waals surface area contributed by atoms with Gasteiger partial charge in [-0.15, -0.1) is 0 Å². The topological polar surface area (TPSA) is 78.4 Å². The fourth-order valence-corrected chi connectivity index (χ4v) is 2.25. The molecule has 0 aliphatic carbocycles. The Labute approximate surface area is 131 Å². The number of nitrogens with one attached hydrogen (secondary N) is 2. The Hall–Kier alpha value is -1.47. The van der Waals surface area contributed by atoms with Gasteiger partial charge in [0.2, 0.25) is 5.91 Å². The van der Waals surface area contributed by atoms with E-state index in [4.69, 9.17) is 0 Å². The van der Waals surface area contributed by atoms with Gasteiger partial charge in [-0.2, -0.15) is 0 Å². The average Bonchev–Trinajstić information content (AvgIpc) is 2.43. The first-order chi connectivity index (χ1) is 9.84. The minimum absolute atomic E-state index is 0.0546. The van der Waals surface area contributed by atoms with Crippen LogP contribution in [-0.4, -0.2) is 29.1 Å². The second-order valence-corrected chi connectivity index (χ2v) is 5.54. The van der Waals surface area contributed by atoms with Crippen molar-refractivity contribution in [2.45, 2.75) is 32.2 Å². The van der Waals surface area contributed by atoms with Gasteiger partial charge in [0, 0.05) is 4.47 Å². The van der Waals surface area contributed by atoms with E-state index in [1.807, 2.05) is 0 Å². The summed E-state index contributed by atoms with van der Waals surface area (Å²) in [7, 11) is 0. The van der Waals surface area contributed by atoms with Crippen LogP contribution in [0.4, 0.5) is 10.1 Å². The molecule has 1 rings (SSSR count). The van der Waals surface area contributed by atoms with Crippen LogP contribution in [0.1, 0.15) is 26.7 Å². The van der Waals surface area contributed by atoms with E-state index in [9.17, 15) is 19.1 Å². The number of carbonyl (C=O) groups excluding carboxylic acids is 1. The second-order valence-electron chi connectivity index (χ2n) is 4.62. The van der Waals surface area contributed by atoms with Crippen molar-refractivity contribution < 1.29 is 19.1 Å². The maximum atomic E-state index is 13.6. The number of carbonyl (C=O) groups is 2. The Bertz CT molecular complexity index is 533. The molecule has 21 heavy (non-hydrogen) atoms. The molecule has 0 aliphatic heterocycles. The van der Waals surface area contributed by atoms with E-state index in [1.165, 1.54) is 12.1 Å². The number of benzene rings is 1. The van der Waals surface area contributed by atoms with E-state index >= 15 is 0 Å². The molecular weight excluding hydrogens is 343 g/mol. The lowest BCUT2D eigenvalue weighted by Gasteiger charge is -2.27. The fourth-order valence-electron chi connectivity index (χ4n) is 1.91. The van der Waals surface area contributed by atoms with Gasteiger partial charge in [0.1, 0.15) is 11.4 Å². The maximum absolute atomic E-state index is 13.6. The number of anilines is 1. The van der Waals surface area contributed by atoms with Crippen LogP contribution in [0.3, 0.4) is 0 Å². The van der Waals surface area contributed by atoms with Crippen LogP contribution in [0.15, 0.2) is 22.7 Å². The number of carboxylic acids is 1. The quantitative estimate of drug-likeness (QED) is 0.698. The van der Waals surface area contributed by atoms with E-state index in [2.05, 4.69) is 26.6 Å². The van der Waals surface area contributed by atoms with Gasteiger partial charge < -0.3 is 10.4 Å². The first-order valence-corrected chi connectivity index (χ1v) is 7.37. The van der Waals surface area contributed by atoms with Crippen molar-refractivity contribution in [2.75, 3.05) is 11.9 Å². The summed E-state index contributed by atoms with van der Waals surface area (Å²) < 4.78 is 14.2. The highest BCUT2D eigenvalue weighted by Crippen LogP contribution is 2.19. The predicted molar refractivity (Wildman–Crippen MR) is 81.7 cm³/mol. The van der Waals surface area contributed by atoms with E-state index in [-0.39, 0.29) is 12.2 Å². The van der Waals surface area contributed by atoms with Crippen molar-refractivity contribution in [2.24, 2.45) is 0 Å². The molecule has 116 valence electrons.